The summed E-state index contributed by atoms with van der Waals surface area (Å²) in [6.45, 7) is 4.13. The maximum atomic E-state index is 5.52. The number of pyridine rings is 1. The number of hydrazone groups is 1. The van der Waals surface area contributed by atoms with Crippen molar-refractivity contribution in [1.29, 1.82) is 0 Å². The molecule has 0 aliphatic carbocycles. The molecule has 9 heteroatoms. The molecule has 0 atom stereocenters. The number of nitrogens with one attached hydrogen (secondary N) is 2. The molecule has 0 aromatic carbocycles. The summed E-state index contributed by atoms with van der Waals surface area (Å²) in [6.07, 6.45) is 6.13. The number of hydrogen-bond donors (Lipinski definition) is 2. The molecular formula is C17H20N8S. The second kappa shape index (κ2) is 7.61. The third-order valence-corrected chi connectivity index (χ3v) is 4.80. The Bertz CT molecular complexity index is 801. The molecule has 134 valence electrons. The zero-order valence-corrected chi connectivity index (χ0v) is 15.1. The summed E-state index contributed by atoms with van der Waals surface area (Å²) in [4.78, 5) is 17.3. The van der Waals surface area contributed by atoms with Crippen LogP contribution in [0.2, 0.25) is 0 Å². The van der Waals surface area contributed by atoms with Crippen molar-refractivity contribution >= 4 is 34.7 Å². The summed E-state index contributed by atoms with van der Waals surface area (Å²) in [5.41, 5.74) is 5.88. The van der Waals surface area contributed by atoms with Gasteiger partial charge in [0.15, 0.2) is 5.11 Å². The van der Waals surface area contributed by atoms with Gasteiger partial charge in [-0.15, -0.1) is 0 Å². The van der Waals surface area contributed by atoms with E-state index in [4.69, 9.17) is 12.2 Å². The number of rotatable bonds is 2. The zero-order valence-electron chi connectivity index (χ0n) is 14.3. The molecule has 2 aliphatic heterocycles. The largest absolute Gasteiger partial charge is 0.383 e. The maximum absolute atomic E-state index is 5.52. The van der Waals surface area contributed by atoms with Crippen molar-refractivity contribution in [2.75, 3.05) is 42.9 Å². The Hall–Kier alpha value is -2.81. The van der Waals surface area contributed by atoms with E-state index in [0.29, 0.717) is 5.11 Å². The molecule has 2 N–H and O–H groups in total. The Labute approximate surface area is 157 Å². The van der Waals surface area contributed by atoms with Crippen molar-refractivity contribution < 1.29 is 0 Å². The zero-order chi connectivity index (χ0) is 17.8. The fraction of sp³-hybridized carbons (Fsp3) is 0.353. The third kappa shape index (κ3) is 3.57. The van der Waals surface area contributed by atoms with Crippen molar-refractivity contribution in [3.05, 3.63) is 42.5 Å². The SMILES string of the molecule is S=C(N/N=C1/CCNc2cccnc21)N1CCN(c2ncccn2)CC1. The molecule has 4 heterocycles. The normalized spacial score (nSPS) is 18.2. The summed E-state index contributed by atoms with van der Waals surface area (Å²) < 4.78 is 0. The Morgan fingerprint density at radius 1 is 1.08 bits per heavy atom. The molecule has 8 nitrogen and oxygen atoms in total. The molecule has 1 fully saturated rings. The smallest absolute Gasteiger partial charge is 0.225 e. The molecule has 0 bridgehead atoms. The van der Waals surface area contributed by atoms with Gasteiger partial charge in [0.25, 0.3) is 0 Å². The van der Waals surface area contributed by atoms with Crippen LogP contribution in [0.1, 0.15) is 12.1 Å². The van der Waals surface area contributed by atoms with Gasteiger partial charge in [0.1, 0.15) is 5.69 Å². The molecule has 0 radical (unpaired) electrons. The van der Waals surface area contributed by atoms with Crippen LogP contribution in [0.25, 0.3) is 0 Å². The number of fused-ring (bicyclic) bond motifs is 1. The van der Waals surface area contributed by atoms with E-state index < -0.39 is 0 Å². The molecule has 0 saturated carbocycles. The first-order chi connectivity index (χ1) is 12.8. The highest BCUT2D eigenvalue weighted by Crippen LogP contribution is 2.19. The molecule has 2 aliphatic rings. The second-order valence-corrected chi connectivity index (χ2v) is 6.46. The van der Waals surface area contributed by atoms with Gasteiger partial charge >= 0.3 is 0 Å². The highest BCUT2D eigenvalue weighted by atomic mass is 32.1. The van der Waals surface area contributed by atoms with Gasteiger partial charge in [-0.25, -0.2) is 9.97 Å². The van der Waals surface area contributed by atoms with E-state index in [0.717, 1.165) is 62.2 Å². The Balaban J connectivity index is 1.35. The van der Waals surface area contributed by atoms with Gasteiger partial charge in [0.05, 0.1) is 11.4 Å². The minimum Gasteiger partial charge on any atom is -0.383 e. The van der Waals surface area contributed by atoms with E-state index in [1.807, 2.05) is 18.2 Å². The van der Waals surface area contributed by atoms with Crippen LogP contribution in [0.5, 0.6) is 0 Å². The molecule has 0 amide bonds. The predicted molar refractivity (Wildman–Crippen MR) is 105 cm³/mol. The first-order valence-corrected chi connectivity index (χ1v) is 9.05. The highest BCUT2D eigenvalue weighted by Gasteiger charge is 2.21. The van der Waals surface area contributed by atoms with E-state index in [1.165, 1.54) is 0 Å². The average Bonchev–Trinajstić information content (AvgIpc) is 2.73. The van der Waals surface area contributed by atoms with Crippen LogP contribution >= 0.6 is 12.2 Å². The third-order valence-electron chi connectivity index (χ3n) is 4.45. The van der Waals surface area contributed by atoms with Crippen molar-refractivity contribution in [1.82, 2.24) is 25.3 Å². The number of hydrogen-bond acceptors (Lipinski definition) is 7. The lowest BCUT2D eigenvalue weighted by atomic mass is 10.1. The van der Waals surface area contributed by atoms with Crippen LogP contribution in [0.3, 0.4) is 0 Å². The second-order valence-electron chi connectivity index (χ2n) is 6.07. The van der Waals surface area contributed by atoms with Gasteiger partial charge in [0.2, 0.25) is 5.95 Å². The van der Waals surface area contributed by atoms with Gasteiger partial charge in [-0.1, -0.05) is 0 Å². The fourth-order valence-electron chi connectivity index (χ4n) is 3.07. The monoisotopic (exact) mass is 368 g/mol. The topological polar surface area (TPSA) is 81.6 Å². The van der Waals surface area contributed by atoms with Crippen LogP contribution in [0.4, 0.5) is 11.6 Å². The van der Waals surface area contributed by atoms with Crippen molar-refractivity contribution in [2.45, 2.75) is 6.42 Å². The molecule has 26 heavy (non-hydrogen) atoms. The first-order valence-electron chi connectivity index (χ1n) is 8.64. The van der Waals surface area contributed by atoms with Crippen LogP contribution in [-0.2, 0) is 0 Å². The van der Waals surface area contributed by atoms with Gasteiger partial charge in [-0.2, -0.15) is 5.10 Å². The lowest BCUT2D eigenvalue weighted by Crippen LogP contribution is -2.51. The summed E-state index contributed by atoms with van der Waals surface area (Å²) in [6, 6.07) is 5.76. The number of aromatic nitrogens is 3. The van der Waals surface area contributed by atoms with Crippen LogP contribution in [-0.4, -0.2) is 63.4 Å². The van der Waals surface area contributed by atoms with Crippen molar-refractivity contribution in [3.8, 4) is 0 Å². The fourth-order valence-corrected chi connectivity index (χ4v) is 3.30. The molecule has 2 aromatic heterocycles. The van der Waals surface area contributed by atoms with Crippen LogP contribution < -0.4 is 15.6 Å². The Morgan fingerprint density at radius 3 is 2.65 bits per heavy atom. The lowest BCUT2D eigenvalue weighted by molar-refractivity contribution is 0.378. The predicted octanol–water partition coefficient (Wildman–Crippen LogP) is 1.09. The van der Waals surface area contributed by atoms with Crippen LogP contribution in [0.15, 0.2) is 41.9 Å². The molecule has 0 unspecified atom stereocenters. The Morgan fingerprint density at radius 2 is 1.85 bits per heavy atom. The Kier molecular flexibility index (Phi) is 4.87. The quantitative estimate of drug-likeness (QED) is 0.602. The highest BCUT2D eigenvalue weighted by molar-refractivity contribution is 7.80. The van der Waals surface area contributed by atoms with Gasteiger partial charge in [-0.3, -0.25) is 10.4 Å². The number of piperazine rings is 1. The molecule has 0 spiro atoms. The number of nitrogens with zero attached hydrogens (tertiary/aromatic N) is 6. The summed E-state index contributed by atoms with van der Waals surface area (Å²) >= 11 is 5.52. The van der Waals surface area contributed by atoms with Crippen LogP contribution in [0, 0.1) is 0 Å². The summed E-state index contributed by atoms with van der Waals surface area (Å²) in [5, 5.41) is 8.49. The molecular weight excluding hydrogens is 348 g/mol. The van der Waals surface area contributed by atoms with Crippen molar-refractivity contribution in [2.24, 2.45) is 5.10 Å². The average molecular weight is 368 g/mol. The van der Waals surface area contributed by atoms with Gasteiger partial charge < -0.3 is 15.1 Å². The summed E-state index contributed by atoms with van der Waals surface area (Å²) in [7, 11) is 0. The minimum absolute atomic E-state index is 0.641. The number of anilines is 2. The standard InChI is InChI=1S/C17H20N8S/c26-17(23-22-14-4-8-18-13-3-1-5-19-15(13)14)25-11-9-24(10-12-25)16-20-6-2-7-21-16/h1-3,5-7,18H,4,8-12H2,(H,23,26)/b22-14-. The van der Waals surface area contributed by atoms with E-state index >= 15 is 0 Å². The summed E-state index contributed by atoms with van der Waals surface area (Å²) in [5.74, 6) is 0.767. The van der Waals surface area contributed by atoms with Crippen molar-refractivity contribution in [3.63, 3.8) is 0 Å². The lowest BCUT2D eigenvalue weighted by Gasteiger charge is -2.35. The minimum atomic E-state index is 0.641. The first kappa shape index (κ1) is 16.6. The number of thiocarbonyl (C=S) groups is 1. The van der Waals surface area contributed by atoms with E-state index in [1.54, 1.807) is 18.6 Å². The molecule has 4 rings (SSSR count). The molecule has 1 saturated heterocycles. The van der Waals surface area contributed by atoms with Gasteiger partial charge in [0, 0.05) is 57.7 Å². The maximum Gasteiger partial charge on any atom is 0.225 e. The molecule has 2 aromatic rings. The van der Waals surface area contributed by atoms with E-state index in [2.05, 4.69) is 40.6 Å². The van der Waals surface area contributed by atoms with E-state index in [-0.39, 0.29) is 0 Å². The van der Waals surface area contributed by atoms with E-state index in [9.17, 15) is 0 Å². The van der Waals surface area contributed by atoms with Gasteiger partial charge in [-0.05, 0) is 30.4 Å².